The van der Waals surface area contributed by atoms with E-state index in [9.17, 15) is 9.18 Å². The maximum atomic E-state index is 13.6. The normalized spacial score (nSPS) is 10.5. The van der Waals surface area contributed by atoms with Crippen LogP contribution < -0.4 is 18.9 Å². The molecule has 0 saturated heterocycles. The van der Waals surface area contributed by atoms with Crippen molar-refractivity contribution < 1.29 is 28.1 Å². The molecule has 3 aromatic carbocycles. The predicted molar refractivity (Wildman–Crippen MR) is 116 cm³/mol. The number of rotatable bonds is 8. The lowest BCUT2D eigenvalue weighted by Crippen LogP contribution is -2.11. The lowest BCUT2D eigenvalue weighted by molar-refractivity contribution is 0.103. The third-order valence-corrected chi connectivity index (χ3v) is 5.08. The fourth-order valence-electron chi connectivity index (χ4n) is 3.23. The van der Waals surface area contributed by atoms with Gasteiger partial charge in [-0.2, -0.15) is 0 Å². The Morgan fingerprint density at radius 3 is 2.23 bits per heavy atom. The smallest absolute Gasteiger partial charge is 0.202 e. The Bertz CT molecular complexity index is 1100. The SMILES string of the molecule is COc1cc(C)c(C(=O)c2c(Cl)ccc(OC)c2OC)c(OCc2ccc(F)cc2)c1. The van der Waals surface area contributed by atoms with Crippen LogP contribution in [0, 0.1) is 12.7 Å². The van der Waals surface area contributed by atoms with E-state index in [2.05, 4.69) is 0 Å². The monoisotopic (exact) mass is 444 g/mol. The number of hydrogen-bond donors (Lipinski definition) is 0. The third kappa shape index (κ3) is 4.75. The lowest BCUT2D eigenvalue weighted by Gasteiger charge is -2.18. The van der Waals surface area contributed by atoms with Gasteiger partial charge >= 0.3 is 0 Å². The molecule has 0 amide bonds. The Labute approximate surface area is 185 Å². The van der Waals surface area contributed by atoms with Crippen LogP contribution in [0.25, 0.3) is 0 Å². The molecule has 0 N–H and O–H groups in total. The number of hydrogen-bond acceptors (Lipinski definition) is 5. The third-order valence-electron chi connectivity index (χ3n) is 4.77. The van der Waals surface area contributed by atoms with Crippen molar-refractivity contribution in [1.82, 2.24) is 0 Å². The zero-order chi connectivity index (χ0) is 22.5. The first kappa shape index (κ1) is 22.4. The van der Waals surface area contributed by atoms with Gasteiger partial charge in [-0.15, -0.1) is 0 Å². The molecule has 7 heteroatoms. The zero-order valence-corrected chi connectivity index (χ0v) is 18.4. The zero-order valence-electron chi connectivity index (χ0n) is 17.6. The van der Waals surface area contributed by atoms with Crippen LogP contribution in [0.15, 0.2) is 48.5 Å². The highest BCUT2D eigenvalue weighted by atomic mass is 35.5. The summed E-state index contributed by atoms with van der Waals surface area (Å²) in [6.07, 6.45) is 0. The van der Waals surface area contributed by atoms with E-state index in [0.29, 0.717) is 28.4 Å². The summed E-state index contributed by atoms with van der Waals surface area (Å²) in [5.41, 5.74) is 1.87. The number of ketones is 1. The molecule has 3 aromatic rings. The molecule has 162 valence electrons. The molecule has 0 fully saturated rings. The van der Waals surface area contributed by atoms with E-state index in [4.69, 9.17) is 30.5 Å². The van der Waals surface area contributed by atoms with Gasteiger partial charge in [0.1, 0.15) is 23.9 Å². The van der Waals surface area contributed by atoms with Crippen LogP contribution in [0.1, 0.15) is 27.0 Å². The van der Waals surface area contributed by atoms with Gasteiger partial charge in [0.25, 0.3) is 0 Å². The average Bonchev–Trinajstić information content (AvgIpc) is 2.77. The van der Waals surface area contributed by atoms with Gasteiger partial charge < -0.3 is 18.9 Å². The first-order valence-corrected chi connectivity index (χ1v) is 9.78. The molecule has 0 saturated carbocycles. The molecule has 3 rings (SSSR count). The minimum absolute atomic E-state index is 0.135. The second kappa shape index (κ2) is 9.71. The molecule has 31 heavy (non-hydrogen) atoms. The molecule has 0 unspecified atom stereocenters. The van der Waals surface area contributed by atoms with Crippen LogP contribution in [-0.4, -0.2) is 27.1 Å². The summed E-state index contributed by atoms with van der Waals surface area (Å²) in [7, 11) is 4.45. The molecule has 0 atom stereocenters. The Kier molecular flexibility index (Phi) is 7.02. The maximum absolute atomic E-state index is 13.6. The molecular weight excluding hydrogens is 423 g/mol. The van der Waals surface area contributed by atoms with E-state index in [1.807, 2.05) is 0 Å². The summed E-state index contributed by atoms with van der Waals surface area (Å²) in [5, 5.41) is 0.224. The van der Waals surface area contributed by atoms with Crippen molar-refractivity contribution in [2.24, 2.45) is 0 Å². The molecule has 0 aliphatic carbocycles. The fraction of sp³-hybridized carbons (Fsp3) is 0.208. The summed E-state index contributed by atoms with van der Waals surface area (Å²) in [6.45, 7) is 1.91. The predicted octanol–water partition coefficient (Wildman–Crippen LogP) is 5.62. The van der Waals surface area contributed by atoms with Crippen molar-refractivity contribution >= 4 is 17.4 Å². The van der Waals surface area contributed by atoms with E-state index < -0.39 is 0 Å². The molecule has 0 bridgehead atoms. The number of aryl methyl sites for hydroxylation is 1. The highest BCUT2D eigenvalue weighted by molar-refractivity contribution is 6.36. The molecule has 0 aromatic heterocycles. The highest BCUT2D eigenvalue weighted by Gasteiger charge is 2.26. The van der Waals surface area contributed by atoms with Gasteiger partial charge in [-0.25, -0.2) is 4.39 Å². The van der Waals surface area contributed by atoms with Crippen molar-refractivity contribution in [3.63, 3.8) is 0 Å². The molecule has 0 spiro atoms. The van der Waals surface area contributed by atoms with E-state index in [1.165, 1.54) is 33.5 Å². The lowest BCUT2D eigenvalue weighted by atomic mass is 9.96. The maximum Gasteiger partial charge on any atom is 0.202 e. The van der Waals surface area contributed by atoms with E-state index >= 15 is 0 Å². The summed E-state index contributed by atoms with van der Waals surface area (Å²) < 4.78 is 35.2. The van der Waals surface area contributed by atoms with Crippen LogP contribution in [0.4, 0.5) is 4.39 Å². The van der Waals surface area contributed by atoms with Crippen molar-refractivity contribution in [3.05, 3.63) is 81.6 Å². The minimum Gasteiger partial charge on any atom is -0.497 e. The van der Waals surface area contributed by atoms with Gasteiger partial charge in [-0.1, -0.05) is 23.7 Å². The second-order valence-electron chi connectivity index (χ2n) is 6.72. The van der Waals surface area contributed by atoms with Gasteiger partial charge in [0.2, 0.25) is 5.78 Å². The molecular formula is C24H22ClFO5. The van der Waals surface area contributed by atoms with Crippen LogP contribution in [0.2, 0.25) is 5.02 Å². The van der Waals surface area contributed by atoms with Crippen molar-refractivity contribution in [3.8, 4) is 23.0 Å². The first-order valence-electron chi connectivity index (χ1n) is 9.40. The standard InChI is InChI=1S/C24H22ClFO5/c1-14-11-17(28-2)12-20(31-13-15-5-7-16(26)8-6-15)21(14)23(27)22-18(25)9-10-19(29-3)24(22)30-4/h5-12H,13H2,1-4H3. The second-order valence-corrected chi connectivity index (χ2v) is 7.13. The van der Waals surface area contributed by atoms with Crippen molar-refractivity contribution in [2.45, 2.75) is 13.5 Å². The molecule has 0 radical (unpaired) electrons. The van der Waals surface area contributed by atoms with Crippen molar-refractivity contribution in [1.29, 1.82) is 0 Å². The van der Waals surface area contributed by atoms with Gasteiger partial charge in [-0.05, 0) is 48.4 Å². The largest absolute Gasteiger partial charge is 0.497 e. The summed E-state index contributed by atoms with van der Waals surface area (Å²) in [4.78, 5) is 13.6. The minimum atomic E-state index is -0.380. The Balaban J connectivity index is 2.08. The summed E-state index contributed by atoms with van der Waals surface area (Å²) in [6, 6.07) is 12.5. The first-order chi connectivity index (χ1) is 14.9. The van der Waals surface area contributed by atoms with Gasteiger partial charge in [0, 0.05) is 6.07 Å². The van der Waals surface area contributed by atoms with Crippen LogP contribution >= 0.6 is 11.6 Å². The Morgan fingerprint density at radius 1 is 0.903 bits per heavy atom. The van der Waals surface area contributed by atoms with Crippen LogP contribution in [0.5, 0.6) is 23.0 Å². The van der Waals surface area contributed by atoms with E-state index in [1.54, 1.807) is 43.3 Å². The van der Waals surface area contributed by atoms with Gasteiger partial charge in [0.05, 0.1) is 37.5 Å². The topological polar surface area (TPSA) is 54.0 Å². The number of carbonyl (C=O) groups excluding carboxylic acids is 1. The highest BCUT2D eigenvalue weighted by Crippen LogP contribution is 2.40. The average molecular weight is 445 g/mol. The summed E-state index contributed by atoms with van der Waals surface area (Å²) in [5.74, 6) is 0.750. The number of benzene rings is 3. The number of halogens is 2. The fourth-order valence-corrected chi connectivity index (χ4v) is 3.46. The number of ether oxygens (including phenoxy) is 4. The van der Waals surface area contributed by atoms with Crippen molar-refractivity contribution in [2.75, 3.05) is 21.3 Å². The van der Waals surface area contributed by atoms with Crippen LogP contribution in [0.3, 0.4) is 0 Å². The Hall–Kier alpha value is -3.25. The van der Waals surface area contributed by atoms with Gasteiger partial charge in [-0.3, -0.25) is 4.79 Å². The van der Waals surface area contributed by atoms with Gasteiger partial charge in [0.15, 0.2) is 11.5 Å². The molecule has 0 heterocycles. The van der Waals surface area contributed by atoms with E-state index in [0.717, 1.165) is 5.56 Å². The molecule has 5 nitrogen and oxygen atoms in total. The van der Waals surface area contributed by atoms with E-state index in [-0.39, 0.29) is 34.5 Å². The number of methoxy groups -OCH3 is 3. The van der Waals surface area contributed by atoms with Crippen LogP contribution in [-0.2, 0) is 6.61 Å². The number of carbonyl (C=O) groups is 1. The quantitative estimate of drug-likeness (QED) is 0.422. The summed E-state index contributed by atoms with van der Waals surface area (Å²) >= 11 is 6.38. The Morgan fingerprint density at radius 2 is 1.61 bits per heavy atom. The molecule has 0 aliphatic rings. The molecule has 0 aliphatic heterocycles.